The highest BCUT2D eigenvalue weighted by Gasteiger charge is 2.31. The number of benzene rings is 1. The number of aliphatic carboxylic acids is 1. The van der Waals surface area contributed by atoms with E-state index < -0.39 is 12.0 Å². The predicted octanol–water partition coefficient (Wildman–Crippen LogP) is 1.69. The van der Waals surface area contributed by atoms with E-state index in [1.165, 1.54) is 4.90 Å². The summed E-state index contributed by atoms with van der Waals surface area (Å²) in [6.07, 6.45) is 2.62. The van der Waals surface area contributed by atoms with Crippen molar-refractivity contribution >= 4 is 11.9 Å². The van der Waals surface area contributed by atoms with Crippen LogP contribution in [0.4, 0.5) is 0 Å². The zero-order valence-corrected chi connectivity index (χ0v) is 10.2. The fraction of sp³-hybridized carbons (Fsp3) is 0.429. The summed E-state index contributed by atoms with van der Waals surface area (Å²) in [5.74, 6) is -0.982. The molecule has 18 heavy (non-hydrogen) atoms. The summed E-state index contributed by atoms with van der Waals surface area (Å²) in [6.45, 7) is 0.558. The molecule has 96 valence electrons. The predicted molar refractivity (Wildman–Crippen MR) is 67.1 cm³/mol. The number of hydrogen-bond donors (Lipinski definition) is 1. The SMILES string of the molecule is O=C(O)[C@H]1CCCCN1C(=O)Cc1ccccc1. The van der Waals surface area contributed by atoms with Crippen molar-refractivity contribution in [1.29, 1.82) is 0 Å². The largest absolute Gasteiger partial charge is 0.480 e. The van der Waals surface area contributed by atoms with Gasteiger partial charge in [0.2, 0.25) is 5.91 Å². The van der Waals surface area contributed by atoms with E-state index in [-0.39, 0.29) is 12.3 Å². The van der Waals surface area contributed by atoms with Gasteiger partial charge in [0.1, 0.15) is 6.04 Å². The second kappa shape index (κ2) is 5.67. The van der Waals surface area contributed by atoms with Gasteiger partial charge in [0.25, 0.3) is 0 Å². The first-order chi connectivity index (χ1) is 8.68. The van der Waals surface area contributed by atoms with Crippen LogP contribution >= 0.6 is 0 Å². The van der Waals surface area contributed by atoms with E-state index in [0.29, 0.717) is 13.0 Å². The van der Waals surface area contributed by atoms with Gasteiger partial charge in [-0.3, -0.25) is 4.79 Å². The summed E-state index contributed by atoms with van der Waals surface area (Å²) >= 11 is 0. The molecule has 1 aliphatic rings. The van der Waals surface area contributed by atoms with Gasteiger partial charge < -0.3 is 10.0 Å². The maximum Gasteiger partial charge on any atom is 0.326 e. The maximum absolute atomic E-state index is 12.1. The van der Waals surface area contributed by atoms with Crippen molar-refractivity contribution in [2.75, 3.05) is 6.54 Å². The number of carbonyl (C=O) groups excluding carboxylic acids is 1. The van der Waals surface area contributed by atoms with Crippen molar-refractivity contribution in [2.24, 2.45) is 0 Å². The number of piperidine rings is 1. The van der Waals surface area contributed by atoms with Crippen molar-refractivity contribution in [3.05, 3.63) is 35.9 Å². The number of hydrogen-bond acceptors (Lipinski definition) is 2. The molecular weight excluding hydrogens is 230 g/mol. The second-order valence-electron chi connectivity index (χ2n) is 4.60. The number of nitrogens with zero attached hydrogens (tertiary/aromatic N) is 1. The molecule has 0 bridgehead atoms. The van der Waals surface area contributed by atoms with E-state index >= 15 is 0 Å². The van der Waals surface area contributed by atoms with Crippen LogP contribution < -0.4 is 0 Å². The van der Waals surface area contributed by atoms with Crippen LogP contribution in [0.15, 0.2) is 30.3 Å². The molecule has 0 aliphatic carbocycles. The lowest BCUT2D eigenvalue weighted by Gasteiger charge is -2.33. The van der Waals surface area contributed by atoms with Crippen molar-refractivity contribution in [2.45, 2.75) is 31.7 Å². The molecule has 1 amide bonds. The number of carboxylic acid groups (broad SMARTS) is 1. The highest BCUT2D eigenvalue weighted by Crippen LogP contribution is 2.18. The van der Waals surface area contributed by atoms with Gasteiger partial charge in [-0.25, -0.2) is 4.79 Å². The number of carboxylic acids is 1. The first kappa shape index (κ1) is 12.6. The van der Waals surface area contributed by atoms with Crippen LogP contribution in [0.25, 0.3) is 0 Å². The Morgan fingerprint density at radius 3 is 2.61 bits per heavy atom. The lowest BCUT2D eigenvalue weighted by molar-refractivity contribution is -0.151. The molecular formula is C14H17NO3. The Kier molecular flexibility index (Phi) is 3.97. The van der Waals surface area contributed by atoms with E-state index in [1.54, 1.807) is 0 Å². The first-order valence-corrected chi connectivity index (χ1v) is 6.24. The lowest BCUT2D eigenvalue weighted by Crippen LogP contribution is -2.48. The van der Waals surface area contributed by atoms with Crippen LogP contribution in [0.2, 0.25) is 0 Å². The molecule has 1 aromatic carbocycles. The van der Waals surface area contributed by atoms with Gasteiger partial charge in [0, 0.05) is 6.54 Å². The van der Waals surface area contributed by atoms with E-state index in [1.807, 2.05) is 30.3 Å². The summed E-state index contributed by atoms with van der Waals surface area (Å²) in [6, 6.07) is 8.79. The Morgan fingerprint density at radius 2 is 1.94 bits per heavy atom. The highest BCUT2D eigenvalue weighted by molar-refractivity contribution is 5.85. The molecule has 4 heteroatoms. The smallest absolute Gasteiger partial charge is 0.326 e. The molecule has 1 aromatic rings. The summed E-state index contributed by atoms with van der Waals surface area (Å²) in [7, 11) is 0. The van der Waals surface area contributed by atoms with Crippen molar-refractivity contribution in [3.63, 3.8) is 0 Å². The third kappa shape index (κ3) is 2.88. The normalized spacial score (nSPS) is 19.6. The fourth-order valence-corrected chi connectivity index (χ4v) is 2.36. The fourth-order valence-electron chi connectivity index (χ4n) is 2.36. The topological polar surface area (TPSA) is 57.6 Å². The molecule has 1 heterocycles. The molecule has 0 saturated carbocycles. The van der Waals surface area contributed by atoms with Crippen LogP contribution in [0.3, 0.4) is 0 Å². The average molecular weight is 247 g/mol. The lowest BCUT2D eigenvalue weighted by atomic mass is 10.0. The van der Waals surface area contributed by atoms with Crippen LogP contribution in [-0.4, -0.2) is 34.5 Å². The number of carbonyl (C=O) groups is 2. The van der Waals surface area contributed by atoms with Gasteiger partial charge in [-0.15, -0.1) is 0 Å². The minimum atomic E-state index is -0.892. The molecule has 0 unspecified atom stereocenters. The molecule has 1 fully saturated rings. The van der Waals surface area contributed by atoms with Gasteiger partial charge >= 0.3 is 5.97 Å². The van der Waals surface area contributed by atoms with Gasteiger partial charge in [-0.05, 0) is 24.8 Å². The number of rotatable bonds is 3. The Bertz CT molecular complexity index is 430. The van der Waals surface area contributed by atoms with Gasteiger partial charge in [0.05, 0.1) is 6.42 Å². The maximum atomic E-state index is 12.1. The molecule has 0 radical (unpaired) electrons. The van der Waals surface area contributed by atoms with Crippen LogP contribution in [0.1, 0.15) is 24.8 Å². The third-order valence-corrected chi connectivity index (χ3v) is 3.31. The van der Waals surface area contributed by atoms with Crippen LogP contribution in [0, 0.1) is 0 Å². The summed E-state index contributed by atoms with van der Waals surface area (Å²) in [5, 5.41) is 9.13. The number of likely N-dealkylation sites (tertiary alicyclic amines) is 1. The van der Waals surface area contributed by atoms with E-state index in [4.69, 9.17) is 5.11 Å². The number of amides is 1. The van der Waals surface area contributed by atoms with Crippen LogP contribution in [-0.2, 0) is 16.0 Å². The summed E-state index contributed by atoms with van der Waals surface area (Å²) < 4.78 is 0. The summed E-state index contributed by atoms with van der Waals surface area (Å²) in [4.78, 5) is 24.8. The average Bonchev–Trinajstić information content (AvgIpc) is 2.40. The second-order valence-corrected chi connectivity index (χ2v) is 4.60. The Hall–Kier alpha value is -1.84. The quantitative estimate of drug-likeness (QED) is 0.884. The minimum absolute atomic E-state index is 0.0895. The van der Waals surface area contributed by atoms with Crippen LogP contribution in [0.5, 0.6) is 0 Å². The van der Waals surface area contributed by atoms with Crippen molar-refractivity contribution in [1.82, 2.24) is 4.90 Å². The van der Waals surface area contributed by atoms with Crippen molar-refractivity contribution < 1.29 is 14.7 Å². The first-order valence-electron chi connectivity index (χ1n) is 6.24. The summed E-state index contributed by atoms with van der Waals surface area (Å²) in [5.41, 5.74) is 0.928. The van der Waals surface area contributed by atoms with Gasteiger partial charge in [-0.1, -0.05) is 30.3 Å². The molecule has 1 N–H and O–H groups in total. The molecule has 1 saturated heterocycles. The standard InChI is InChI=1S/C14H17NO3/c16-13(10-11-6-2-1-3-7-11)15-9-5-4-8-12(15)14(17)18/h1-3,6-7,12H,4-5,8-10H2,(H,17,18)/t12-/m1/s1. The molecule has 2 rings (SSSR count). The highest BCUT2D eigenvalue weighted by atomic mass is 16.4. The van der Waals surface area contributed by atoms with E-state index in [0.717, 1.165) is 18.4 Å². The Labute approximate surface area is 106 Å². The third-order valence-electron chi connectivity index (χ3n) is 3.31. The van der Waals surface area contributed by atoms with E-state index in [2.05, 4.69) is 0 Å². The zero-order chi connectivity index (χ0) is 13.0. The zero-order valence-electron chi connectivity index (χ0n) is 10.2. The van der Waals surface area contributed by atoms with Gasteiger partial charge in [-0.2, -0.15) is 0 Å². The molecule has 0 aromatic heterocycles. The van der Waals surface area contributed by atoms with E-state index in [9.17, 15) is 9.59 Å². The molecule has 4 nitrogen and oxygen atoms in total. The molecule has 1 aliphatic heterocycles. The molecule has 1 atom stereocenters. The monoisotopic (exact) mass is 247 g/mol. The Balaban J connectivity index is 2.05. The molecule has 0 spiro atoms. The minimum Gasteiger partial charge on any atom is -0.480 e. The van der Waals surface area contributed by atoms with Crippen molar-refractivity contribution in [3.8, 4) is 0 Å². The Morgan fingerprint density at radius 1 is 1.22 bits per heavy atom. The van der Waals surface area contributed by atoms with Gasteiger partial charge in [0.15, 0.2) is 0 Å².